The highest BCUT2D eigenvalue weighted by atomic mass is 35.5. The van der Waals surface area contributed by atoms with Crippen molar-refractivity contribution in [1.82, 2.24) is 10.6 Å². The first-order chi connectivity index (χ1) is 14.9. The Labute approximate surface area is 182 Å². The molecular weight excluding hydrogens is 426 g/mol. The Kier molecular flexibility index (Phi) is 6.88. The molecule has 1 fully saturated rings. The Bertz CT molecular complexity index is 1060. The van der Waals surface area contributed by atoms with Gasteiger partial charge in [0.1, 0.15) is 5.57 Å². The van der Waals surface area contributed by atoms with Crippen LogP contribution in [0.25, 0.3) is 6.08 Å². The normalized spacial score (nSPS) is 13.2. The second kappa shape index (κ2) is 9.77. The number of hydrogen-bond donors (Lipinski definition) is 3. The van der Waals surface area contributed by atoms with Crippen LogP contribution in [-0.4, -0.2) is 37.0 Å². The number of hydrogen-bond acceptors (Lipinski definition) is 6. The molecule has 1 saturated heterocycles. The van der Waals surface area contributed by atoms with E-state index in [1.165, 1.54) is 6.08 Å². The molecule has 0 bridgehead atoms. The van der Waals surface area contributed by atoms with Crippen LogP contribution < -0.4 is 25.4 Å². The topological polar surface area (TPSA) is 123 Å². The van der Waals surface area contributed by atoms with E-state index < -0.39 is 23.8 Å². The van der Waals surface area contributed by atoms with Crippen LogP contribution in [0.15, 0.2) is 48.0 Å². The molecule has 2 aromatic carbocycles. The maximum atomic E-state index is 12.2. The number of rotatable bonds is 7. The summed E-state index contributed by atoms with van der Waals surface area (Å²) in [5, 5.41) is 7.05. The van der Waals surface area contributed by atoms with E-state index in [-0.39, 0.29) is 12.2 Å². The number of barbiturate groups is 1. The Morgan fingerprint density at radius 1 is 1.03 bits per heavy atom. The third-order valence-corrected chi connectivity index (χ3v) is 4.36. The van der Waals surface area contributed by atoms with Crippen LogP contribution in [0.2, 0.25) is 5.02 Å². The molecule has 0 aliphatic carbocycles. The largest absolute Gasteiger partial charge is 0.490 e. The van der Waals surface area contributed by atoms with Crippen molar-refractivity contribution in [3.8, 4) is 11.5 Å². The molecule has 9 nitrogen and oxygen atoms in total. The Morgan fingerprint density at radius 2 is 1.74 bits per heavy atom. The van der Waals surface area contributed by atoms with Gasteiger partial charge in [-0.1, -0.05) is 29.8 Å². The van der Waals surface area contributed by atoms with Gasteiger partial charge in [0.2, 0.25) is 0 Å². The van der Waals surface area contributed by atoms with Crippen molar-refractivity contribution >= 4 is 47.1 Å². The van der Waals surface area contributed by atoms with Gasteiger partial charge in [-0.2, -0.15) is 0 Å². The molecule has 3 rings (SSSR count). The second-order valence-corrected chi connectivity index (χ2v) is 6.66. The number of amides is 5. The van der Waals surface area contributed by atoms with Gasteiger partial charge in [-0.3, -0.25) is 25.0 Å². The predicted octanol–water partition coefficient (Wildman–Crippen LogP) is 2.51. The quantitative estimate of drug-likeness (QED) is 0.446. The van der Waals surface area contributed by atoms with E-state index >= 15 is 0 Å². The summed E-state index contributed by atoms with van der Waals surface area (Å²) in [6.07, 6.45) is 1.31. The average molecular weight is 444 g/mol. The number of imide groups is 2. The number of carbonyl (C=O) groups is 4. The second-order valence-electron chi connectivity index (χ2n) is 6.25. The Morgan fingerprint density at radius 3 is 2.42 bits per heavy atom. The number of carbonyl (C=O) groups excluding carboxylic acids is 4. The summed E-state index contributed by atoms with van der Waals surface area (Å²) in [6, 6.07) is 10.6. The van der Waals surface area contributed by atoms with Gasteiger partial charge in [0.15, 0.2) is 18.1 Å². The monoisotopic (exact) mass is 443 g/mol. The van der Waals surface area contributed by atoms with Gasteiger partial charge in [0, 0.05) is 0 Å². The number of anilines is 1. The minimum atomic E-state index is -0.874. The molecule has 5 amide bonds. The standard InChI is InChI=1S/C21H18ClN3O6/c1-2-30-17-10-12(9-13-19(27)24-21(29)25-20(13)28)7-8-16(17)31-11-18(26)23-15-6-4-3-5-14(15)22/h3-10H,2,11H2,1H3,(H,23,26)(H2,24,25,27,28,29). The van der Waals surface area contributed by atoms with E-state index in [1.807, 2.05) is 10.6 Å². The van der Waals surface area contributed by atoms with Crippen molar-refractivity contribution in [2.75, 3.05) is 18.5 Å². The summed E-state index contributed by atoms with van der Waals surface area (Å²) >= 11 is 6.02. The van der Waals surface area contributed by atoms with Crippen molar-refractivity contribution < 1.29 is 28.7 Å². The zero-order valence-corrected chi connectivity index (χ0v) is 17.1. The number of para-hydroxylation sites is 1. The summed E-state index contributed by atoms with van der Waals surface area (Å²) in [5.74, 6) is -1.41. The minimum Gasteiger partial charge on any atom is -0.490 e. The van der Waals surface area contributed by atoms with Gasteiger partial charge >= 0.3 is 6.03 Å². The van der Waals surface area contributed by atoms with Gasteiger partial charge in [-0.25, -0.2) is 4.79 Å². The van der Waals surface area contributed by atoms with Crippen LogP contribution >= 0.6 is 11.6 Å². The van der Waals surface area contributed by atoms with Crippen LogP contribution in [-0.2, 0) is 14.4 Å². The highest BCUT2D eigenvalue weighted by Crippen LogP contribution is 2.30. The molecular formula is C21H18ClN3O6. The fraction of sp³-hybridized carbons (Fsp3) is 0.143. The molecule has 0 radical (unpaired) electrons. The van der Waals surface area contributed by atoms with E-state index in [4.69, 9.17) is 21.1 Å². The van der Waals surface area contributed by atoms with E-state index in [1.54, 1.807) is 49.4 Å². The lowest BCUT2D eigenvalue weighted by Crippen LogP contribution is -2.51. The molecule has 31 heavy (non-hydrogen) atoms. The summed E-state index contributed by atoms with van der Waals surface area (Å²) in [7, 11) is 0. The SMILES string of the molecule is CCOc1cc(C=C2C(=O)NC(=O)NC2=O)ccc1OCC(=O)Nc1ccccc1Cl. The average Bonchev–Trinajstić information content (AvgIpc) is 2.72. The predicted molar refractivity (Wildman–Crippen MR) is 113 cm³/mol. The molecule has 10 heteroatoms. The maximum Gasteiger partial charge on any atom is 0.328 e. The first kappa shape index (κ1) is 21.8. The van der Waals surface area contributed by atoms with Gasteiger partial charge in [0.05, 0.1) is 17.3 Å². The lowest BCUT2D eigenvalue weighted by molar-refractivity contribution is -0.124. The number of ether oxygens (including phenoxy) is 2. The summed E-state index contributed by atoms with van der Waals surface area (Å²) in [6.45, 7) is 1.79. The fourth-order valence-corrected chi connectivity index (χ4v) is 2.85. The van der Waals surface area contributed by atoms with Crippen LogP contribution in [0.5, 0.6) is 11.5 Å². The molecule has 1 heterocycles. The number of urea groups is 1. The summed E-state index contributed by atoms with van der Waals surface area (Å²) < 4.78 is 11.1. The third-order valence-electron chi connectivity index (χ3n) is 4.03. The van der Waals surface area contributed by atoms with E-state index in [0.29, 0.717) is 34.4 Å². The van der Waals surface area contributed by atoms with Gasteiger partial charge in [-0.15, -0.1) is 0 Å². The molecule has 1 aliphatic heterocycles. The number of benzene rings is 2. The van der Waals surface area contributed by atoms with Gasteiger partial charge in [-0.05, 0) is 42.8 Å². The smallest absolute Gasteiger partial charge is 0.328 e. The lowest BCUT2D eigenvalue weighted by atomic mass is 10.1. The molecule has 0 spiro atoms. The Hall–Kier alpha value is -3.85. The Balaban J connectivity index is 1.73. The lowest BCUT2D eigenvalue weighted by Gasteiger charge is -2.15. The third kappa shape index (κ3) is 5.61. The highest BCUT2D eigenvalue weighted by Gasteiger charge is 2.27. The van der Waals surface area contributed by atoms with E-state index in [9.17, 15) is 19.2 Å². The first-order valence-corrected chi connectivity index (χ1v) is 9.57. The van der Waals surface area contributed by atoms with Crippen molar-refractivity contribution in [3.63, 3.8) is 0 Å². The van der Waals surface area contributed by atoms with Crippen LogP contribution in [0.4, 0.5) is 10.5 Å². The number of halogens is 1. The van der Waals surface area contributed by atoms with Crippen LogP contribution in [0, 0.1) is 0 Å². The first-order valence-electron chi connectivity index (χ1n) is 9.19. The van der Waals surface area contributed by atoms with Gasteiger partial charge < -0.3 is 14.8 Å². The molecule has 0 atom stereocenters. The zero-order chi connectivity index (χ0) is 22.4. The van der Waals surface area contributed by atoms with Crippen molar-refractivity contribution in [1.29, 1.82) is 0 Å². The summed E-state index contributed by atoms with van der Waals surface area (Å²) in [4.78, 5) is 47.1. The minimum absolute atomic E-state index is 0.227. The van der Waals surface area contributed by atoms with E-state index in [0.717, 1.165) is 0 Å². The summed E-state index contributed by atoms with van der Waals surface area (Å²) in [5.41, 5.74) is 0.702. The van der Waals surface area contributed by atoms with Gasteiger partial charge in [0.25, 0.3) is 17.7 Å². The van der Waals surface area contributed by atoms with Crippen LogP contribution in [0.1, 0.15) is 12.5 Å². The molecule has 0 saturated carbocycles. The van der Waals surface area contributed by atoms with E-state index in [2.05, 4.69) is 5.32 Å². The van der Waals surface area contributed by atoms with Crippen molar-refractivity contribution in [2.24, 2.45) is 0 Å². The fourth-order valence-electron chi connectivity index (χ4n) is 2.67. The van der Waals surface area contributed by atoms with Crippen molar-refractivity contribution in [2.45, 2.75) is 6.92 Å². The molecule has 2 aromatic rings. The highest BCUT2D eigenvalue weighted by molar-refractivity contribution is 6.33. The zero-order valence-electron chi connectivity index (χ0n) is 16.4. The molecule has 0 unspecified atom stereocenters. The molecule has 160 valence electrons. The molecule has 1 aliphatic rings. The van der Waals surface area contributed by atoms with Crippen LogP contribution in [0.3, 0.4) is 0 Å². The molecule has 0 aromatic heterocycles. The van der Waals surface area contributed by atoms with Crippen molar-refractivity contribution in [3.05, 3.63) is 58.6 Å². The maximum absolute atomic E-state index is 12.2. The number of nitrogens with one attached hydrogen (secondary N) is 3. The molecule has 3 N–H and O–H groups in total.